The van der Waals surface area contributed by atoms with E-state index in [-0.39, 0.29) is 0 Å². The van der Waals surface area contributed by atoms with E-state index in [1.165, 1.54) is 0 Å². The Morgan fingerprint density at radius 3 is 2.59 bits per heavy atom. The predicted molar refractivity (Wildman–Crippen MR) is 75.7 cm³/mol. The molecule has 0 atom stereocenters. The molecule has 0 fully saturated rings. The van der Waals surface area contributed by atoms with E-state index < -0.39 is 0 Å². The van der Waals surface area contributed by atoms with Gasteiger partial charge < -0.3 is 10.7 Å². The minimum Gasteiger partial charge on any atom is -0.401 e. The minimum atomic E-state index is 0.667. The van der Waals surface area contributed by atoms with Crippen molar-refractivity contribution >= 4 is 15.9 Å². The number of benzene rings is 1. The van der Waals surface area contributed by atoms with Gasteiger partial charge in [-0.15, -0.1) is 0 Å². The normalized spacial score (nSPS) is 11.6. The van der Waals surface area contributed by atoms with E-state index in [1.807, 2.05) is 30.5 Å². The molecule has 4 heteroatoms. The monoisotopic (exact) mass is 297 g/mol. The summed E-state index contributed by atoms with van der Waals surface area (Å²) >= 11 is 3.40. The van der Waals surface area contributed by atoms with Crippen molar-refractivity contribution in [2.45, 2.75) is 32.7 Å². The van der Waals surface area contributed by atoms with Gasteiger partial charge in [-0.25, -0.2) is 5.84 Å². The number of rotatable bonds is 6. The average Bonchev–Trinajstić information content (AvgIpc) is 2.29. The van der Waals surface area contributed by atoms with Gasteiger partial charge in [-0.2, -0.15) is 0 Å². The van der Waals surface area contributed by atoms with Gasteiger partial charge in [0.15, 0.2) is 0 Å². The van der Waals surface area contributed by atoms with Gasteiger partial charge in [0, 0.05) is 16.4 Å². The van der Waals surface area contributed by atoms with Crippen molar-refractivity contribution in [3.05, 3.63) is 46.2 Å². The van der Waals surface area contributed by atoms with Crippen molar-refractivity contribution in [2.75, 3.05) is 0 Å². The number of hydrogen-bond acceptors (Lipinski definition) is 3. The lowest BCUT2D eigenvalue weighted by Crippen LogP contribution is -2.25. The summed E-state index contributed by atoms with van der Waals surface area (Å²) in [7, 11) is 0. The van der Waals surface area contributed by atoms with Crippen LogP contribution in [0.25, 0.3) is 0 Å². The number of allylic oxidation sites excluding steroid dienone is 1. The summed E-state index contributed by atoms with van der Waals surface area (Å²) in [5.74, 6) is 5.88. The molecule has 0 saturated carbocycles. The summed E-state index contributed by atoms with van der Waals surface area (Å²) in [6.07, 6.45) is 4.97. The standard InChI is InChI=1S/C13H20BrN3/c1-2-3-4-13(15)10-17(16)9-11-5-7-12(14)8-6-11/h5-8,10H,2-4,9,15-16H2,1H3/b13-10-. The molecule has 1 rings (SSSR count). The Morgan fingerprint density at radius 1 is 1.35 bits per heavy atom. The van der Waals surface area contributed by atoms with Crippen LogP contribution in [0.5, 0.6) is 0 Å². The molecule has 0 amide bonds. The highest BCUT2D eigenvalue weighted by atomic mass is 79.9. The summed E-state index contributed by atoms with van der Waals surface area (Å²) in [4.78, 5) is 0. The Labute approximate surface area is 112 Å². The van der Waals surface area contributed by atoms with Crippen molar-refractivity contribution < 1.29 is 0 Å². The second kappa shape index (κ2) is 7.35. The van der Waals surface area contributed by atoms with E-state index in [4.69, 9.17) is 11.6 Å². The predicted octanol–water partition coefficient (Wildman–Crippen LogP) is 3.12. The number of unbranched alkanes of at least 4 members (excludes halogenated alkanes) is 1. The lowest BCUT2D eigenvalue weighted by Gasteiger charge is -2.15. The van der Waals surface area contributed by atoms with Crippen LogP contribution in [0.2, 0.25) is 0 Å². The number of nitrogens with zero attached hydrogens (tertiary/aromatic N) is 1. The van der Waals surface area contributed by atoms with Crippen molar-refractivity contribution in [2.24, 2.45) is 11.6 Å². The molecule has 0 saturated heterocycles. The van der Waals surface area contributed by atoms with Gasteiger partial charge in [0.25, 0.3) is 0 Å². The molecule has 1 aromatic rings. The fraction of sp³-hybridized carbons (Fsp3) is 0.385. The maximum absolute atomic E-state index is 5.88. The number of hydrazine groups is 1. The third kappa shape index (κ3) is 5.75. The SMILES string of the molecule is CCCC/C(N)=C/N(N)Cc1ccc(Br)cc1. The summed E-state index contributed by atoms with van der Waals surface area (Å²) < 4.78 is 1.07. The minimum absolute atomic E-state index is 0.667. The maximum Gasteiger partial charge on any atom is 0.0586 e. The van der Waals surface area contributed by atoms with Gasteiger partial charge in [-0.1, -0.05) is 41.4 Å². The van der Waals surface area contributed by atoms with Crippen LogP contribution in [0.3, 0.4) is 0 Å². The summed E-state index contributed by atoms with van der Waals surface area (Å²) in [6.45, 7) is 2.81. The van der Waals surface area contributed by atoms with Crippen LogP contribution in [-0.2, 0) is 6.54 Å². The lowest BCUT2D eigenvalue weighted by molar-refractivity contribution is 0.381. The first-order valence-corrected chi connectivity index (χ1v) is 6.63. The maximum atomic E-state index is 5.88. The lowest BCUT2D eigenvalue weighted by atomic mass is 10.2. The highest BCUT2D eigenvalue weighted by Crippen LogP contribution is 2.11. The summed E-state index contributed by atoms with van der Waals surface area (Å²) in [5, 5.41) is 1.63. The Bertz CT molecular complexity index is 359. The van der Waals surface area contributed by atoms with E-state index in [0.717, 1.165) is 35.0 Å². The highest BCUT2D eigenvalue weighted by molar-refractivity contribution is 9.10. The zero-order chi connectivity index (χ0) is 12.7. The van der Waals surface area contributed by atoms with Crippen LogP contribution in [0.1, 0.15) is 31.7 Å². The molecule has 3 nitrogen and oxygen atoms in total. The van der Waals surface area contributed by atoms with E-state index in [2.05, 4.69) is 22.9 Å². The molecular weight excluding hydrogens is 278 g/mol. The largest absolute Gasteiger partial charge is 0.401 e. The Kier molecular flexibility index (Phi) is 6.08. The zero-order valence-corrected chi connectivity index (χ0v) is 11.8. The molecule has 0 aliphatic rings. The first kappa shape index (κ1) is 14.1. The molecule has 0 spiro atoms. The quantitative estimate of drug-likeness (QED) is 0.626. The van der Waals surface area contributed by atoms with Gasteiger partial charge in [-0.3, -0.25) is 0 Å². The van der Waals surface area contributed by atoms with Gasteiger partial charge in [0.2, 0.25) is 0 Å². The van der Waals surface area contributed by atoms with Crippen LogP contribution >= 0.6 is 15.9 Å². The van der Waals surface area contributed by atoms with Crippen molar-refractivity contribution in [3.8, 4) is 0 Å². The zero-order valence-electron chi connectivity index (χ0n) is 10.2. The molecule has 94 valence electrons. The fourth-order valence-electron chi connectivity index (χ4n) is 1.50. The Hall–Kier alpha value is -1.00. The first-order chi connectivity index (χ1) is 8.11. The third-order valence-corrected chi connectivity index (χ3v) is 2.96. The Balaban J connectivity index is 2.48. The summed E-state index contributed by atoms with van der Waals surface area (Å²) in [5.41, 5.74) is 7.87. The van der Waals surface area contributed by atoms with Gasteiger partial charge in [-0.05, 0) is 30.5 Å². The van der Waals surface area contributed by atoms with Crippen LogP contribution in [-0.4, -0.2) is 5.01 Å². The molecule has 4 N–H and O–H groups in total. The van der Waals surface area contributed by atoms with E-state index in [1.54, 1.807) is 5.01 Å². The topological polar surface area (TPSA) is 55.3 Å². The number of hydrogen-bond donors (Lipinski definition) is 2. The van der Waals surface area contributed by atoms with Gasteiger partial charge in [0.05, 0.1) is 6.54 Å². The molecule has 0 aliphatic carbocycles. The second-order valence-electron chi connectivity index (χ2n) is 4.11. The molecule has 0 aromatic heterocycles. The van der Waals surface area contributed by atoms with Crippen molar-refractivity contribution in [1.29, 1.82) is 0 Å². The molecule has 0 bridgehead atoms. The molecule has 1 aromatic carbocycles. The first-order valence-electron chi connectivity index (χ1n) is 5.83. The average molecular weight is 298 g/mol. The van der Waals surface area contributed by atoms with E-state index in [9.17, 15) is 0 Å². The molecular formula is C13H20BrN3. The van der Waals surface area contributed by atoms with Crippen LogP contribution < -0.4 is 11.6 Å². The smallest absolute Gasteiger partial charge is 0.0586 e. The molecule has 0 aliphatic heterocycles. The molecule has 17 heavy (non-hydrogen) atoms. The van der Waals surface area contributed by atoms with Crippen LogP contribution in [0.15, 0.2) is 40.6 Å². The molecule has 0 unspecified atom stereocenters. The Morgan fingerprint density at radius 2 is 2.00 bits per heavy atom. The highest BCUT2D eigenvalue weighted by Gasteiger charge is 1.98. The van der Waals surface area contributed by atoms with Gasteiger partial charge in [0.1, 0.15) is 0 Å². The van der Waals surface area contributed by atoms with Crippen LogP contribution in [0.4, 0.5) is 0 Å². The summed E-state index contributed by atoms with van der Waals surface area (Å²) in [6, 6.07) is 8.10. The van der Waals surface area contributed by atoms with E-state index in [0.29, 0.717) is 6.54 Å². The van der Waals surface area contributed by atoms with Crippen LogP contribution in [0, 0.1) is 0 Å². The molecule has 0 radical (unpaired) electrons. The number of nitrogens with two attached hydrogens (primary N) is 2. The molecule has 0 heterocycles. The van der Waals surface area contributed by atoms with Gasteiger partial charge >= 0.3 is 0 Å². The third-order valence-electron chi connectivity index (χ3n) is 2.43. The van der Waals surface area contributed by atoms with Crippen molar-refractivity contribution in [1.82, 2.24) is 5.01 Å². The number of halogens is 1. The fourth-order valence-corrected chi connectivity index (χ4v) is 1.77. The van der Waals surface area contributed by atoms with E-state index >= 15 is 0 Å². The van der Waals surface area contributed by atoms with Crippen molar-refractivity contribution in [3.63, 3.8) is 0 Å². The second-order valence-corrected chi connectivity index (χ2v) is 5.02.